The van der Waals surface area contributed by atoms with Crippen LogP contribution >= 0.6 is 0 Å². The number of nitrogens with two attached hydrogens (primary N) is 1. The number of rotatable bonds is 3. The Kier molecular flexibility index (Phi) is 2.81. The molecule has 0 bridgehead atoms. The summed E-state index contributed by atoms with van der Waals surface area (Å²) in [5, 5.41) is 3.73. The molecule has 1 rings (SSSR count). The monoisotopic (exact) mass is 169 g/mol. The molecule has 12 heavy (non-hydrogen) atoms. The van der Waals surface area contributed by atoms with E-state index in [1.54, 1.807) is 6.92 Å². The fourth-order valence-corrected chi connectivity index (χ4v) is 1.24. The SMILES string of the molecule is CCC(c1nc(C)no1)C(C)N. The summed E-state index contributed by atoms with van der Waals surface area (Å²) >= 11 is 0. The molecule has 2 atom stereocenters. The smallest absolute Gasteiger partial charge is 0.231 e. The van der Waals surface area contributed by atoms with Crippen LogP contribution in [-0.4, -0.2) is 16.2 Å². The number of hydrogen-bond donors (Lipinski definition) is 1. The minimum atomic E-state index is 0.0647. The molecule has 0 fully saturated rings. The maximum atomic E-state index is 5.76. The van der Waals surface area contributed by atoms with Gasteiger partial charge in [-0.05, 0) is 20.3 Å². The zero-order chi connectivity index (χ0) is 9.14. The van der Waals surface area contributed by atoms with E-state index >= 15 is 0 Å². The lowest BCUT2D eigenvalue weighted by Crippen LogP contribution is -2.24. The van der Waals surface area contributed by atoms with Gasteiger partial charge in [-0.2, -0.15) is 4.98 Å². The fourth-order valence-electron chi connectivity index (χ4n) is 1.24. The Morgan fingerprint density at radius 2 is 2.25 bits per heavy atom. The van der Waals surface area contributed by atoms with Gasteiger partial charge in [-0.3, -0.25) is 0 Å². The van der Waals surface area contributed by atoms with Crippen molar-refractivity contribution in [3.63, 3.8) is 0 Å². The van der Waals surface area contributed by atoms with Gasteiger partial charge in [0.15, 0.2) is 5.82 Å². The van der Waals surface area contributed by atoms with Crippen LogP contribution < -0.4 is 5.73 Å². The first-order chi connectivity index (χ1) is 5.65. The number of aryl methyl sites for hydroxylation is 1. The van der Waals surface area contributed by atoms with Gasteiger partial charge < -0.3 is 10.3 Å². The summed E-state index contributed by atoms with van der Waals surface area (Å²) in [7, 11) is 0. The minimum Gasteiger partial charge on any atom is -0.339 e. The summed E-state index contributed by atoms with van der Waals surface area (Å²) in [5.74, 6) is 1.51. The molecule has 0 saturated carbocycles. The molecule has 0 saturated heterocycles. The lowest BCUT2D eigenvalue weighted by molar-refractivity contribution is 0.332. The molecule has 0 spiro atoms. The molecule has 0 aliphatic rings. The van der Waals surface area contributed by atoms with Crippen LogP contribution in [0.5, 0.6) is 0 Å². The van der Waals surface area contributed by atoms with E-state index in [0.717, 1.165) is 6.42 Å². The summed E-state index contributed by atoms with van der Waals surface area (Å²) in [4.78, 5) is 4.15. The Labute approximate surface area is 72.1 Å². The predicted octanol–water partition coefficient (Wildman–Crippen LogP) is 1.22. The fraction of sp³-hybridized carbons (Fsp3) is 0.750. The van der Waals surface area contributed by atoms with Gasteiger partial charge in [0.25, 0.3) is 0 Å². The lowest BCUT2D eigenvalue weighted by atomic mass is 9.99. The molecule has 1 heterocycles. The average Bonchev–Trinajstić information content (AvgIpc) is 2.37. The van der Waals surface area contributed by atoms with Crippen molar-refractivity contribution in [3.05, 3.63) is 11.7 Å². The van der Waals surface area contributed by atoms with Crippen LogP contribution in [-0.2, 0) is 0 Å². The summed E-state index contributed by atoms with van der Waals surface area (Å²) in [6.45, 7) is 5.82. The molecule has 0 aromatic carbocycles. The van der Waals surface area contributed by atoms with Crippen molar-refractivity contribution in [2.45, 2.75) is 39.2 Å². The Bertz CT molecular complexity index is 244. The van der Waals surface area contributed by atoms with E-state index in [0.29, 0.717) is 11.7 Å². The van der Waals surface area contributed by atoms with E-state index < -0.39 is 0 Å². The van der Waals surface area contributed by atoms with Crippen LogP contribution in [0.3, 0.4) is 0 Å². The third kappa shape index (κ3) is 1.82. The minimum absolute atomic E-state index is 0.0647. The zero-order valence-electron chi connectivity index (χ0n) is 7.74. The van der Waals surface area contributed by atoms with E-state index in [1.165, 1.54) is 0 Å². The molecule has 0 aliphatic heterocycles. The Balaban J connectivity index is 2.80. The topological polar surface area (TPSA) is 64.9 Å². The molecule has 1 aromatic heterocycles. The molecular weight excluding hydrogens is 154 g/mol. The highest BCUT2D eigenvalue weighted by atomic mass is 16.5. The normalized spacial score (nSPS) is 16.0. The summed E-state index contributed by atoms with van der Waals surface area (Å²) in [5.41, 5.74) is 5.76. The zero-order valence-corrected chi connectivity index (χ0v) is 7.74. The summed E-state index contributed by atoms with van der Waals surface area (Å²) < 4.78 is 5.04. The largest absolute Gasteiger partial charge is 0.339 e. The van der Waals surface area contributed by atoms with Crippen LogP contribution in [0.4, 0.5) is 0 Å². The number of hydrogen-bond acceptors (Lipinski definition) is 4. The van der Waals surface area contributed by atoms with Crippen molar-refractivity contribution in [3.8, 4) is 0 Å². The first kappa shape index (κ1) is 9.19. The van der Waals surface area contributed by atoms with Gasteiger partial charge in [-0.1, -0.05) is 12.1 Å². The summed E-state index contributed by atoms with van der Waals surface area (Å²) in [6.07, 6.45) is 0.930. The Morgan fingerprint density at radius 1 is 1.58 bits per heavy atom. The van der Waals surface area contributed by atoms with E-state index in [2.05, 4.69) is 17.1 Å². The number of nitrogens with zero attached hydrogens (tertiary/aromatic N) is 2. The molecule has 4 heteroatoms. The Hall–Kier alpha value is -0.900. The van der Waals surface area contributed by atoms with Crippen molar-refractivity contribution in [1.29, 1.82) is 0 Å². The summed E-state index contributed by atoms with van der Waals surface area (Å²) in [6, 6.07) is 0.0647. The first-order valence-electron chi connectivity index (χ1n) is 4.21. The second-order valence-electron chi connectivity index (χ2n) is 3.05. The molecule has 2 unspecified atom stereocenters. The Morgan fingerprint density at radius 3 is 2.58 bits per heavy atom. The van der Waals surface area contributed by atoms with Crippen molar-refractivity contribution in [2.24, 2.45) is 5.73 Å². The molecule has 0 radical (unpaired) electrons. The van der Waals surface area contributed by atoms with Gasteiger partial charge in [0.05, 0.1) is 5.92 Å². The van der Waals surface area contributed by atoms with Gasteiger partial charge in [-0.15, -0.1) is 0 Å². The highest BCUT2D eigenvalue weighted by Crippen LogP contribution is 2.19. The van der Waals surface area contributed by atoms with Crippen LogP contribution in [0.1, 0.15) is 37.9 Å². The molecule has 1 aromatic rings. The van der Waals surface area contributed by atoms with E-state index in [4.69, 9.17) is 10.3 Å². The second-order valence-corrected chi connectivity index (χ2v) is 3.05. The van der Waals surface area contributed by atoms with Gasteiger partial charge in [-0.25, -0.2) is 0 Å². The third-order valence-corrected chi connectivity index (χ3v) is 1.93. The van der Waals surface area contributed by atoms with E-state index in [1.807, 2.05) is 6.92 Å². The van der Waals surface area contributed by atoms with Gasteiger partial charge in [0.2, 0.25) is 5.89 Å². The molecule has 0 aliphatic carbocycles. The quantitative estimate of drug-likeness (QED) is 0.738. The predicted molar refractivity (Wildman–Crippen MR) is 45.7 cm³/mol. The maximum absolute atomic E-state index is 5.76. The van der Waals surface area contributed by atoms with Crippen LogP contribution in [0.25, 0.3) is 0 Å². The van der Waals surface area contributed by atoms with Crippen LogP contribution in [0.2, 0.25) is 0 Å². The number of aromatic nitrogens is 2. The van der Waals surface area contributed by atoms with Crippen molar-refractivity contribution < 1.29 is 4.52 Å². The van der Waals surface area contributed by atoms with Gasteiger partial charge >= 0.3 is 0 Å². The molecule has 4 nitrogen and oxygen atoms in total. The highest BCUT2D eigenvalue weighted by Gasteiger charge is 2.19. The van der Waals surface area contributed by atoms with Crippen LogP contribution in [0.15, 0.2) is 4.52 Å². The van der Waals surface area contributed by atoms with E-state index in [-0.39, 0.29) is 12.0 Å². The highest BCUT2D eigenvalue weighted by molar-refractivity contribution is 4.95. The van der Waals surface area contributed by atoms with Crippen LogP contribution in [0, 0.1) is 6.92 Å². The molecule has 2 N–H and O–H groups in total. The standard InChI is InChI=1S/C8H15N3O/c1-4-7(5(2)9)8-10-6(3)11-12-8/h5,7H,4,9H2,1-3H3. The van der Waals surface area contributed by atoms with Gasteiger partial charge in [0, 0.05) is 6.04 Å². The van der Waals surface area contributed by atoms with Crippen molar-refractivity contribution in [1.82, 2.24) is 10.1 Å². The maximum Gasteiger partial charge on any atom is 0.231 e. The molecular formula is C8H15N3O. The molecule has 0 amide bonds. The third-order valence-electron chi connectivity index (χ3n) is 1.93. The van der Waals surface area contributed by atoms with E-state index in [9.17, 15) is 0 Å². The second kappa shape index (κ2) is 3.67. The van der Waals surface area contributed by atoms with Crippen molar-refractivity contribution in [2.75, 3.05) is 0 Å². The first-order valence-corrected chi connectivity index (χ1v) is 4.21. The van der Waals surface area contributed by atoms with Crippen molar-refractivity contribution >= 4 is 0 Å². The molecule has 68 valence electrons. The van der Waals surface area contributed by atoms with Gasteiger partial charge in [0.1, 0.15) is 0 Å². The average molecular weight is 169 g/mol. The lowest BCUT2D eigenvalue weighted by Gasteiger charge is -2.13.